The molecule has 0 heterocycles. The predicted molar refractivity (Wildman–Crippen MR) is 60.2 cm³/mol. The van der Waals surface area contributed by atoms with Crippen LogP contribution in [0.2, 0.25) is 0 Å². The molecule has 3 nitrogen and oxygen atoms in total. The van der Waals surface area contributed by atoms with Gasteiger partial charge in [0, 0.05) is 5.56 Å². The Bertz CT molecular complexity index is 378. The van der Waals surface area contributed by atoms with Gasteiger partial charge in [-0.15, -0.1) is 0 Å². The molecular formula is C12H17NO2. The molecule has 0 bridgehead atoms. The maximum Gasteiger partial charge on any atom is 0.249 e. The van der Waals surface area contributed by atoms with Crippen molar-refractivity contribution in [3.8, 4) is 5.75 Å². The molecular weight excluding hydrogens is 190 g/mol. The second kappa shape index (κ2) is 3.93. The number of methoxy groups -OCH3 is 1. The van der Waals surface area contributed by atoms with Gasteiger partial charge in [-0.25, -0.2) is 0 Å². The molecule has 0 aliphatic carbocycles. The van der Waals surface area contributed by atoms with Crippen molar-refractivity contribution in [3.05, 3.63) is 29.3 Å². The summed E-state index contributed by atoms with van der Waals surface area (Å²) in [6.07, 6.45) is 0. The van der Waals surface area contributed by atoms with Crippen LogP contribution in [0.4, 0.5) is 0 Å². The van der Waals surface area contributed by atoms with Gasteiger partial charge in [-0.2, -0.15) is 0 Å². The van der Waals surface area contributed by atoms with Crippen molar-refractivity contribution in [1.82, 2.24) is 0 Å². The van der Waals surface area contributed by atoms with E-state index in [1.165, 1.54) is 0 Å². The molecule has 0 saturated heterocycles. The summed E-state index contributed by atoms with van der Waals surface area (Å²) >= 11 is 0. The number of carbonyl (C=O) groups is 1. The summed E-state index contributed by atoms with van der Waals surface area (Å²) in [5.41, 5.74) is 6.71. The lowest BCUT2D eigenvalue weighted by atomic mass is 9.83. The lowest BCUT2D eigenvalue weighted by Gasteiger charge is -2.22. The second-order valence-corrected chi connectivity index (χ2v) is 4.53. The van der Waals surface area contributed by atoms with Gasteiger partial charge < -0.3 is 10.5 Å². The molecule has 0 fully saturated rings. The Balaban J connectivity index is 3.34. The van der Waals surface area contributed by atoms with E-state index >= 15 is 0 Å². The van der Waals surface area contributed by atoms with Gasteiger partial charge in [-0.3, -0.25) is 4.79 Å². The van der Waals surface area contributed by atoms with E-state index in [1.54, 1.807) is 13.2 Å². The quantitative estimate of drug-likeness (QED) is 0.807. The van der Waals surface area contributed by atoms with E-state index in [2.05, 4.69) is 0 Å². The number of hydrogen-bond donors (Lipinski definition) is 1. The van der Waals surface area contributed by atoms with Crippen LogP contribution in [0.25, 0.3) is 0 Å². The topological polar surface area (TPSA) is 52.3 Å². The van der Waals surface area contributed by atoms with E-state index in [0.29, 0.717) is 11.3 Å². The molecule has 1 amide bonds. The predicted octanol–water partition coefficient (Wildman–Crippen LogP) is 2.09. The molecule has 0 saturated carbocycles. The van der Waals surface area contributed by atoms with Crippen molar-refractivity contribution in [2.45, 2.75) is 26.2 Å². The fourth-order valence-electron chi connectivity index (χ4n) is 1.51. The number of ether oxygens (including phenoxy) is 1. The van der Waals surface area contributed by atoms with E-state index in [0.717, 1.165) is 5.56 Å². The van der Waals surface area contributed by atoms with Crippen LogP contribution in [0, 0.1) is 0 Å². The minimum Gasteiger partial charge on any atom is -0.497 e. The largest absolute Gasteiger partial charge is 0.497 e. The van der Waals surface area contributed by atoms with Crippen molar-refractivity contribution in [3.63, 3.8) is 0 Å². The summed E-state index contributed by atoms with van der Waals surface area (Å²) < 4.78 is 5.06. The highest BCUT2D eigenvalue weighted by Crippen LogP contribution is 2.28. The van der Waals surface area contributed by atoms with E-state index in [9.17, 15) is 4.79 Å². The molecule has 2 N–H and O–H groups in total. The molecule has 0 aromatic heterocycles. The number of rotatable bonds is 2. The Morgan fingerprint density at radius 3 is 2.33 bits per heavy atom. The average Bonchev–Trinajstić information content (AvgIpc) is 2.15. The molecule has 0 aliphatic heterocycles. The van der Waals surface area contributed by atoms with Crippen molar-refractivity contribution in [2.24, 2.45) is 5.73 Å². The highest BCUT2D eigenvalue weighted by molar-refractivity contribution is 5.95. The smallest absolute Gasteiger partial charge is 0.249 e. The molecule has 1 rings (SSSR count). The molecule has 82 valence electrons. The molecule has 0 unspecified atom stereocenters. The van der Waals surface area contributed by atoms with Crippen LogP contribution in [0.1, 0.15) is 36.7 Å². The average molecular weight is 207 g/mol. The standard InChI is InChI=1S/C12H17NO2/c1-12(2,3)10-6-5-8(15-4)7-9(10)11(13)14/h5-7H,1-4H3,(H2,13,14). The Morgan fingerprint density at radius 1 is 1.33 bits per heavy atom. The maximum absolute atomic E-state index is 11.3. The molecule has 1 aromatic carbocycles. The molecule has 15 heavy (non-hydrogen) atoms. The first-order valence-electron chi connectivity index (χ1n) is 4.84. The highest BCUT2D eigenvalue weighted by Gasteiger charge is 2.20. The van der Waals surface area contributed by atoms with Crippen LogP contribution in [-0.2, 0) is 5.41 Å². The zero-order valence-corrected chi connectivity index (χ0v) is 9.63. The van der Waals surface area contributed by atoms with Crippen LogP contribution in [0.5, 0.6) is 5.75 Å². The lowest BCUT2D eigenvalue weighted by Crippen LogP contribution is -2.21. The minimum atomic E-state index is -0.418. The van der Waals surface area contributed by atoms with Crippen molar-refractivity contribution in [1.29, 1.82) is 0 Å². The number of carbonyl (C=O) groups excluding carboxylic acids is 1. The van der Waals surface area contributed by atoms with Crippen LogP contribution in [0.3, 0.4) is 0 Å². The summed E-state index contributed by atoms with van der Waals surface area (Å²) in [6.45, 7) is 6.13. The van der Waals surface area contributed by atoms with Gasteiger partial charge in [0.25, 0.3) is 0 Å². The lowest BCUT2D eigenvalue weighted by molar-refractivity contribution is 0.0998. The molecule has 0 atom stereocenters. The number of amides is 1. The van der Waals surface area contributed by atoms with E-state index in [1.807, 2.05) is 32.9 Å². The number of primary amides is 1. The molecule has 0 radical (unpaired) electrons. The third-order valence-electron chi connectivity index (χ3n) is 2.30. The Hall–Kier alpha value is -1.51. The third-order valence-corrected chi connectivity index (χ3v) is 2.30. The first-order valence-corrected chi connectivity index (χ1v) is 4.84. The fraction of sp³-hybridized carbons (Fsp3) is 0.417. The Morgan fingerprint density at radius 2 is 1.93 bits per heavy atom. The van der Waals surface area contributed by atoms with E-state index in [4.69, 9.17) is 10.5 Å². The third kappa shape index (κ3) is 2.49. The molecule has 3 heteroatoms. The maximum atomic E-state index is 11.3. The summed E-state index contributed by atoms with van der Waals surface area (Å²) in [6, 6.07) is 5.41. The van der Waals surface area contributed by atoms with Crippen molar-refractivity contribution in [2.75, 3.05) is 7.11 Å². The number of nitrogens with two attached hydrogens (primary N) is 1. The van der Waals surface area contributed by atoms with Gasteiger partial charge in [-0.1, -0.05) is 26.8 Å². The summed E-state index contributed by atoms with van der Waals surface area (Å²) in [4.78, 5) is 11.3. The van der Waals surface area contributed by atoms with Gasteiger partial charge >= 0.3 is 0 Å². The minimum absolute atomic E-state index is 0.101. The van der Waals surface area contributed by atoms with Gasteiger partial charge in [0.1, 0.15) is 5.75 Å². The zero-order chi connectivity index (χ0) is 11.6. The van der Waals surface area contributed by atoms with Gasteiger partial charge in [-0.05, 0) is 23.1 Å². The first-order chi connectivity index (χ1) is 6.86. The van der Waals surface area contributed by atoms with Crippen LogP contribution < -0.4 is 10.5 Å². The summed E-state index contributed by atoms with van der Waals surface area (Å²) in [5.74, 6) is 0.232. The SMILES string of the molecule is COc1ccc(C(C)(C)C)c(C(N)=O)c1. The van der Waals surface area contributed by atoms with Crippen molar-refractivity contribution < 1.29 is 9.53 Å². The van der Waals surface area contributed by atoms with Gasteiger partial charge in [0.05, 0.1) is 7.11 Å². The van der Waals surface area contributed by atoms with Gasteiger partial charge in [0.15, 0.2) is 0 Å². The van der Waals surface area contributed by atoms with Gasteiger partial charge in [0.2, 0.25) is 5.91 Å². The van der Waals surface area contributed by atoms with Crippen LogP contribution >= 0.6 is 0 Å². The van der Waals surface area contributed by atoms with E-state index in [-0.39, 0.29) is 5.41 Å². The molecule has 1 aromatic rings. The normalized spacial score (nSPS) is 11.2. The van der Waals surface area contributed by atoms with E-state index < -0.39 is 5.91 Å². The molecule has 0 aliphatic rings. The second-order valence-electron chi connectivity index (χ2n) is 4.53. The summed E-state index contributed by atoms with van der Waals surface area (Å²) in [7, 11) is 1.57. The Kier molecular flexibility index (Phi) is 3.03. The fourth-order valence-corrected chi connectivity index (χ4v) is 1.51. The van der Waals surface area contributed by atoms with Crippen molar-refractivity contribution >= 4 is 5.91 Å². The molecule has 0 spiro atoms. The highest BCUT2D eigenvalue weighted by atomic mass is 16.5. The summed E-state index contributed by atoms with van der Waals surface area (Å²) in [5, 5.41) is 0. The monoisotopic (exact) mass is 207 g/mol. The number of hydrogen-bond acceptors (Lipinski definition) is 2. The first kappa shape index (κ1) is 11.6. The zero-order valence-electron chi connectivity index (χ0n) is 9.63. The van der Waals surface area contributed by atoms with Crippen LogP contribution in [-0.4, -0.2) is 13.0 Å². The van der Waals surface area contributed by atoms with Crippen LogP contribution in [0.15, 0.2) is 18.2 Å². The Labute approximate surface area is 90.2 Å². The number of benzene rings is 1.